The zero-order valence-corrected chi connectivity index (χ0v) is 15.4. The second-order valence-electron chi connectivity index (χ2n) is 7.75. The molecule has 2 saturated heterocycles. The van der Waals surface area contributed by atoms with E-state index in [9.17, 15) is 4.79 Å². The summed E-state index contributed by atoms with van der Waals surface area (Å²) in [5, 5.41) is 3.31. The fourth-order valence-corrected chi connectivity index (χ4v) is 4.93. The molecule has 0 saturated carbocycles. The van der Waals surface area contributed by atoms with Gasteiger partial charge in [-0.1, -0.05) is 48.6 Å². The highest BCUT2D eigenvalue weighted by Crippen LogP contribution is 2.42. The Kier molecular flexibility index (Phi) is 5.11. The molecule has 0 radical (unpaired) electrons. The van der Waals surface area contributed by atoms with E-state index in [1.165, 1.54) is 5.56 Å². The van der Waals surface area contributed by atoms with Gasteiger partial charge in [0.1, 0.15) is 0 Å². The van der Waals surface area contributed by atoms with Crippen molar-refractivity contribution in [3.63, 3.8) is 0 Å². The molecule has 1 aliphatic carbocycles. The van der Waals surface area contributed by atoms with E-state index in [0.717, 1.165) is 45.3 Å². The van der Waals surface area contributed by atoms with E-state index in [1.54, 1.807) is 0 Å². The first-order chi connectivity index (χ1) is 12.8. The van der Waals surface area contributed by atoms with Crippen LogP contribution in [0.25, 0.3) is 0 Å². The Morgan fingerprint density at radius 3 is 2.58 bits per heavy atom. The van der Waals surface area contributed by atoms with Crippen LogP contribution in [0.15, 0.2) is 55.1 Å². The van der Waals surface area contributed by atoms with Gasteiger partial charge >= 0.3 is 6.03 Å². The van der Waals surface area contributed by atoms with Gasteiger partial charge in [0.05, 0.1) is 6.04 Å². The van der Waals surface area contributed by atoms with Crippen LogP contribution in [0.5, 0.6) is 0 Å². The fraction of sp³-hybridized carbons (Fsp3) is 0.500. The highest BCUT2D eigenvalue weighted by molar-refractivity contribution is 5.77. The first-order valence-corrected chi connectivity index (χ1v) is 9.90. The molecular weight excluding hydrogens is 322 g/mol. The van der Waals surface area contributed by atoms with Gasteiger partial charge in [-0.2, -0.15) is 0 Å². The maximum absolute atomic E-state index is 13.1. The van der Waals surface area contributed by atoms with Crippen LogP contribution in [0.1, 0.15) is 37.3 Å². The monoisotopic (exact) mass is 351 g/mol. The van der Waals surface area contributed by atoms with Crippen LogP contribution in [0.3, 0.4) is 0 Å². The molecule has 4 heteroatoms. The number of hydrogen-bond donors (Lipinski definition) is 1. The number of nitrogens with zero attached hydrogens (tertiary/aromatic N) is 2. The average molecular weight is 351 g/mol. The Hall–Kier alpha value is -2.07. The van der Waals surface area contributed by atoms with Crippen molar-refractivity contribution in [3.8, 4) is 0 Å². The van der Waals surface area contributed by atoms with Crippen molar-refractivity contribution in [1.29, 1.82) is 0 Å². The van der Waals surface area contributed by atoms with E-state index in [4.69, 9.17) is 0 Å². The third-order valence-corrected chi connectivity index (χ3v) is 6.21. The molecule has 2 amide bonds. The lowest BCUT2D eigenvalue weighted by Gasteiger charge is -2.51. The van der Waals surface area contributed by atoms with Crippen LogP contribution in [0, 0.1) is 5.92 Å². The smallest absolute Gasteiger partial charge is 0.318 e. The summed E-state index contributed by atoms with van der Waals surface area (Å²) >= 11 is 0. The highest BCUT2D eigenvalue weighted by Gasteiger charge is 2.45. The highest BCUT2D eigenvalue weighted by atomic mass is 16.2. The van der Waals surface area contributed by atoms with Crippen LogP contribution in [-0.2, 0) is 0 Å². The van der Waals surface area contributed by atoms with Crippen molar-refractivity contribution in [2.45, 2.75) is 43.8 Å². The number of benzene rings is 1. The van der Waals surface area contributed by atoms with E-state index < -0.39 is 0 Å². The van der Waals surface area contributed by atoms with Crippen molar-refractivity contribution >= 4 is 6.03 Å². The Morgan fingerprint density at radius 1 is 1.12 bits per heavy atom. The zero-order valence-electron chi connectivity index (χ0n) is 15.4. The predicted molar refractivity (Wildman–Crippen MR) is 105 cm³/mol. The van der Waals surface area contributed by atoms with E-state index >= 15 is 0 Å². The van der Waals surface area contributed by atoms with Crippen molar-refractivity contribution in [3.05, 3.63) is 60.7 Å². The molecule has 3 aliphatic rings. The standard InChI is InChI=1S/C22H29N3O/c1-2-14-24-15-12-18(13-16-24)25-21(17-8-4-3-5-9-17)19-10-6-7-11-20(19)23-22(25)26/h2-9,18-21H,1,10-16H2,(H,23,26)/t19-,20?,21+/m0/s1. The molecule has 26 heavy (non-hydrogen) atoms. The largest absolute Gasteiger partial charge is 0.335 e. The van der Waals surface area contributed by atoms with Crippen molar-refractivity contribution in [2.24, 2.45) is 5.92 Å². The average Bonchev–Trinajstić information content (AvgIpc) is 2.69. The molecule has 1 N–H and O–H groups in total. The Labute approximate surface area is 156 Å². The number of piperidine rings is 1. The van der Waals surface area contributed by atoms with E-state index in [1.807, 2.05) is 6.08 Å². The molecule has 1 aromatic rings. The molecule has 1 unspecified atom stereocenters. The molecular formula is C22H29N3O. The number of carbonyl (C=O) groups is 1. The summed E-state index contributed by atoms with van der Waals surface area (Å²) in [6.07, 6.45) is 10.5. The van der Waals surface area contributed by atoms with Gasteiger partial charge < -0.3 is 10.2 Å². The summed E-state index contributed by atoms with van der Waals surface area (Å²) < 4.78 is 0. The number of fused-ring (bicyclic) bond motifs is 1. The molecule has 4 nitrogen and oxygen atoms in total. The van der Waals surface area contributed by atoms with Crippen molar-refractivity contribution < 1.29 is 4.79 Å². The maximum Gasteiger partial charge on any atom is 0.318 e. The molecule has 1 aromatic carbocycles. The van der Waals surface area contributed by atoms with Gasteiger partial charge in [0.15, 0.2) is 0 Å². The summed E-state index contributed by atoms with van der Waals surface area (Å²) in [6.45, 7) is 6.87. The quantitative estimate of drug-likeness (QED) is 0.839. The van der Waals surface area contributed by atoms with E-state index in [2.05, 4.69) is 64.2 Å². The minimum absolute atomic E-state index is 0.123. The summed E-state index contributed by atoms with van der Waals surface area (Å²) in [6, 6.07) is 11.5. The molecule has 0 bridgehead atoms. The predicted octanol–water partition coefficient (Wildman–Crippen LogP) is 3.74. The molecule has 0 aromatic heterocycles. The van der Waals surface area contributed by atoms with Gasteiger partial charge in [-0.3, -0.25) is 4.90 Å². The molecule has 2 heterocycles. The number of hydrogen-bond acceptors (Lipinski definition) is 2. The molecule has 2 aliphatic heterocycles. The molecule has 2 fully saturated rings. The second kappa shape index (κ2) is 7.67. The zero-order chi connectivity index (χ0) is 17.9. The number of likely N-dealkylation sites (tertiary alicyclic amines) is 1. The van der Waals surface area contributed by atoms with Crippen LogP contribution in [0.4, 0.5) is 4.79 Å². The van der Waals surface area contributed by atoms with Gasteiger partial charge in [0.2, 0.25) is 0 Å². The second-order valence-corrected chi connectivity index (χ2v) is 7.75. The van der Waals surface area contributed by atoms with Gasteiger partial charge in [-0.15, -0.1) is 6.58 Å². The van der Waals surface area contributed by atoms with Gasteiger partial charge in [-0.05, 0) is 31.2 Å². The van der Waals surface area contributed by atoms with Crippen LogP contribution in [0.2, 0.25) is 0 Å². The number of rotatable bonds is 4. The first-order valence-electron chi connectivity index (χ1n) is 9.90. The lowest BCUT2D eigenvalue weighted by atomic mass is 9.77. The van der Waals surface area contributed by atoms with Gasteiger partial charge in [0.25, 0.3) is 0 Å². The Morgan fingerprint density at radius 2 is 1.85 bits per heavy atom. The number of nitrogens with one attached hydrogen (secondary N) is 1. The number of allylic oxidation sites excluding steroid dienone is 1. The summed E-state index contributed by atoms with van der Waals surface area (Å²) in [7, 11) is 0. The van der Waals surface area contributed by atoms with Crippen LogP contribution < -0.4 is 5.32 Å². The van der Waals surface area contributed by atoms with Gasteiger partial charge in [-0.25, -0.2) is 4.79 Å². The third-order valence-electron chi connectivity index (χ3n) is 6.21. The number of amides is 2. The van der Waals surface area contributed by atoms with Crippen LogP contribution >= 0.6 is 0 Å². The number of urea groups is 1. The van der Waals surface area contributed by atoms with E-state index in [0.29, 0.717) is 12.0 Å². The maximum atomic E-state index is 13.1. The lowest BCUT2D eigenvalue weighted by molar-refractivity contribution is 0.0413. The van der Waals surface area contributed by atoms with Crippen molar-refractivity contribution in [1.82, 2.24) is 15.1 Å². The van der Waals surface area contributed by atoms with Crippen LogP contribution in [-0.4, -0.2) is 47.5 Å². The van der Waals surface area contributed by atoms with Gasteiger partial charge in [0, 0.05) is 37.6 Å². The SMILES string of the molecule is C=CCN1CCC(N2C(=O)NC3CC=CC[C@@H]3[C@H]2c2ccccc2)CC1. The summed E-state index contributed by atoms with van der Waals surface area (Å²) in [4.78, 5) is 17.7. The van der Waals surface area contributed by atoms with Crippen molar-refractivity contribution in [2.75, 3.05) is 19.6 Å². The Balaban J connectivity index is 1.61. The minimum atomic E-state index is 0.123. The molecule has 138 valence electrons. The molecule has 3 atom stereocenters. The molecule has 4 rings (SSSR count). The first kappa shape index (κ1) is 17.3. The van der Waals surface area contributed by atoms with E-state index in [-0.39, 0.29) is 18.1 Å². The fourth-order valence-electron chi connectivity index (χ4n) is 4.93. The Bertz CT molecular complexity index is 663. The number of carbonyl (C=O) groups excluding carboxylic acids is 1. The normalized spacial score (nSPS) is 29.9. The third kappa shape index (κ3) is 3.30. The summed E-state index contributed by atoms with van der Waals surface area (Å²) in [5.41, 5.74) is 1.28. The minimum Gasteiger partial charge on any atom is -0.335 e. The lowest BCUT2D eigenvalue weighted by Crippen LogP contribution is -2.62. The topological polar surface area (TPSA) is 35.6 Å². The summed E-state index contributed by atoms with van der Waals surface area (Å²) in [5.74, 6) is 0.450. The molecule has 0 spiro atoms.